The largest absolute Gasteiger partial charge is 0.297 e. The van der Waals surface area contributed by atoms with Gasteiger partial charge in [0.05, 0.1) is 5.54 Å². The number of hydrogen-bond acceptors (Lipinski definition) is 2. The number of aryl methyl sites for hydroxylation is 1. The molecule has 0 spiro atoms. The first kappa shape index (κ1) is 15.2. The molecule has 1 aliphatic rings. The van der Waals surface area contributed by atoms with Crippen molar-refractivity contribution in [3.05, 3.63) is 35.4 Å². The molecular formula is C18H27NO. The summed E-state index contributed by atoms with van der Waals surface area (Å²) in [5.41, 5.74) is 2.09. The van der Waals surface area contributed by atoms with Crippen molar-refractivity contribution < 1.29 is 4.79 Å². The van der Waals surface area contributed by atoms with E-state index in [9.17, 15) is 4.79 Å². The van der Waals surface area contributed by atoms with E-state index in [1.807, 2.05) is 6.07 Å². The van der Waals surface area contributed by atoms with Gasteiger partial charge >= 0.3 is 0 Å². The fraction of sp³-hybridized carbons (Fsp3) is 0.611. The number of carbonyl (C=O) groups excluding carboxylic acids is 1. The van der Waals surface area contributed by atoms with Crippen LogP contribution < -0.4 is 0 Å². The van der Waals surface area contributed by atoms with E-state index >= 15 is 0 Å². The van der Waals surface area contributed by atoms with Crippen LogP contribution in [0.1, 0.15) is 50.7 Å². The number of Topliss-reactive ketones (excluding diaryl/α,β-unsaturated/α-hetero) is 1. The number of carbonyl (C=O) groups is 1. The summed E-state index contributed by atoms with van der Waals surface area (Å²) >= 11 is 0. The van der Waals surface area contributed by atoms with Crippen molar-refractivity contribution in [1.29, 1.82) is 0 Å². The lowest BCUT2D eigenvalue weighted by atomic mass is 9.85. The number of rotatable bonds is 5. The summed E-state index contributed by atoms with van der Waals surface area (Å²) in [7, 11) is 0. The van der Waals surface area contributed by atoms with Gasteiger partial charge in [-0.25, -0.2) is 0 Å². The van der Waals surface area contributed by atoms with Gasteiger partial charge in [0.2, 0.25) is 0 Å². The topological polar surface area (TPSA) is 20.3 Å². The highest BCUT2D eigenvalue weighted by molar-refractivity contribution is 5.89. The molecule has 0 N–H and O–H groups in total. The summed E-state index contributed by atoms with van der Waals surface area (Å²) in [5, 5.41) is 0. The molecule has 0 bridgehead atoms. The van der Waals surface area contributed by atoms with Crippen LogP contribution in [0.5, 0.6) is 0 Å². The molecule has 0 amide bonds. The van der Waals surface area contributed by atoms with E-state index in [1.165, 1.54) is 24.8 Å². The summed E-state index contributed by atoms with van der Waals surface area (Å²) in [4.78, 5) is 15.2. The van der Waals surface area contributed by atoms with Gasteiger partial charge in [-0.2, -0.15) is 0 Å². The minimum atomic E-state index is -0.288. The third-order valence-corrected chi connectivity index (χ3v) is 4.79. The molecule has 0 aromatic heterocycles. The molecule has 20 heavy (non-hydrogen) atoms. The van der Waals surface area contributed by atoms with Crippen LogP contribution in [-0.4, -0.2) is 29.3 Å². The summed E-state index contributed by atoms with van der Waals surface area (Å²) in [6.07, 6.45) is 5.23. The highest BCUT2D eigenvalue weighted by Gasteiger charge is 2.37. The second kappa shape index (κ2) is 6.53. The van der Waals surface area contributed by atoms with Crippen LogP contribution >= 0.6 is 0 Å². The standard InChI is InChI=1S/C18H27NO/c1-4-18(3,19-11-6-5-7-12-19)17(20)14-16-10-8-9-15(2)13-16/h8-10,13H,4-7,11-12,14H2,1-3H3. The van der Waals surface area contributed by atoms with Crippen LogP contribution in [0.15, 0.2) is 24.3 Å². The lowest BCUT2D eigenvalue weighted by Gasteiger charge is -2.42. The van der Waals surface area contributed by atoms with Crippen LogP contribution in [0, 0.1) is 6.92 Å². The van der Waals surface area contributed by atoms with Gasteiger partial charge in [-0.1, -0.05) is 43.2 Å². The number of likely N-dealkylation sites (tertiary alicyclic amines) is 1. The first-order valence-electron chi connectivity index (χ1n) is 7.90. The van der Waals surface area contributed by atoms with Crippen molar-refractivity contribution in [2.24, 2.45) is 0 Å². The van der Waals surface area contributed by atoms with E-state index in [1.54, 1.807) is 0 Å². The number of benzene rings is 1. The minimum Gasteiger partial charge on any atom is -0.297 e. The number of nitrogens with zero attached hydrogens (tertiary/aromatic N) is 1. The maximum absolute atomic E-state index is 12.8. The summed E-state index contributed by atoms with van der Waals surface area (Å²) < 4.78 is 0. The fourth-order valence-electron chi connectivity index (χ4n) is 3.18. The Hall–Kier alpha value is -1.15. The second-order valence-corrected chi connectivity index (χ2v) is 6.26. The molecule has 1 heterocycles. The highest BCUT2D eigenvalue weighted by Crippen LogP contribution is 2.26. The molecule has 1 aromatic rings. The van der Waals surface area contributed by atoms with Gasteiger partial charge in [-0.05, 0) is 51.8 Å². The van der Waals surface area contributed by atoms with Crippen molar-refractivity contribution in [3.8, 4) is 0 Å². The quantitative estimate of drug-likeness (QED) is 0.814. The van der Waals surface area contributed by atoms with Crippen molar-refractivity contribution in [3.63, 3.8) is 0 Å². The smallest absolute Gasteiger partial charge is 0.157 e. The first-order valence-corrected chi connectivity index (χ1v) is 7.90. The van der Waals surface area contributed by atoms with Crippen molar-refractivity contribution in [1.82, 2.24) is 4.90 Å². The van der Waals surface area contributed by atoms with E-state index in [2.05, 4.69) is 43.9 Å². The molecule has 0 radical (unpaired) electrons. The number of piperidine rings is 1. The lowest BCUT2D eigenvalue weighted by molar-refractivity contribution is -0.130. The Kier molecular flexibility index (Phi) is 4.98. The van der Waals surface area contributed by atoms with Gasteiger partial charge in [-0.3, -0.25) is 9.69 Å². The average molecular weight is 273 g/mol. The molecular weight excluding hydrogens is 246 g/mol. The molecule has 1 saturated heterocycles. The van der Waals surface area contributed by atoms with Crippen LogP contribution in [0.3, 0.4) is 0 Å². The third-order valence-electron chi connectivity index (χ3n) is 4.79. The highest BCUT2D eigenvalue weighted by atomic mass is 16.1. The first-order chi connectivity index (χ1) is 9.56. The second-order valence-electron chi connectivity index (χ2n) is 6.26. The molecule has 1 fully saturated rings. The Morgan fingerprint density at radius 1 is 1.25 bits per heavy atom. The summed E-state index contributed by atoms with van der Waals surface area (Å²) in [6.45, 7) is 8.50. The molecule has 2 heteroatoms. The Labute approximate surface area is 123 Å². The molecule has 110 valence electrons. The molecule has 0 saturated carbocycles. The molecule has 0 aliphatic carbocycles. The fourth-order valence-corrected chi connectivity index (χ4v) is 3.18. The van der Waals surface area contributed by atoms with Gasteiger partial charge in [0.25, 0.3) is 0 Å². The lowest BCUT2D eigenvalue weighted by Crippen LogP contribution is -2.54. The Balaban J connectivity index is 2.11. The van der Waals surface area contributed by atoms with Gasteiger partial charge in [0, 0.05) is 6.42 Å². The van der Waals surface area contributed by atoms with E-state index < -0.39 is 0 Å². The van der Waals surface area contributed by atoms with Gasteiger partial charge < -0.3 is 0 Å². The molecule has 2 rings (SSSR count). The molecule has 1 atom stereocenters. The van der Waals surface area contributed by atoms with E-state index in [0.717, 1.165) is 25.1 Å². The molecule has 1 aromatic carbocycles. The van der Waals surface area contributed by atoms with Gasteiger partial charge in [0.15, 0.2) is 5.78 Å². The summed E-state index contributed by atoms with van der Waals surface area (Å²) in [5.74, 6) is 0.368. The van der Waals surface area contributed by atoms with Crippen molar-refractivity contribution >= 4 is 5.78 Å². The monoisotopic (exact) mass is 273 g/mol. The zero-order valence-corrected chi connectivity index (χ0v) is 13.1. The summed E-state index contributed by atoms with van der Waals surface area (Å²) in [6, 6.07) is 8.32. The maximum Gasteiger partial charge on any atom is 0.157 e. The van der Waals surface area contributed by atoms with Crippen LogP contribution in [0.4, 0.5) is 0 Å². The van der Waals surface area contributed by atoms with E-state index in [-0.39, 0.29) is 5.54 Å². The Bertz CT molecular complexity index is 462. The molecule has 1 aliphatic heterocycles. The SMILES string of the molecule is CCC(C)(C(=O)Cc1cccc(C)c1)N1CCCCC1. The third kappa shape index (κ3) is 3.29. The van der Waals surface area contributed by atoms with Crippen LogP contribution in [0.25, 0.3) is 0 Å². The molecule has 2 nitrogen and oxygen atoms in total. The van der Waals surface area contributed by atoms with E-state index in [4.69, 9.17) is 0 Å². The van der Waals surface area contributed by atoms with Crippen LogP contribution in [0.2, 0.25) is 0 Å². The Morgan fingerprint density at radius 3 is 2.55 bits per heavy atom. The predicted octanol–water partition coefficient (Wildman–Crippen LogP) is 3.76. The number of hydrogen-bond donors (Lipinski definition) is 0. The number of ketones is 1. The van der Waals surface area contributed by atoms with E-state index in [0.29, 0.717) is 12.2 Å². The van der Waals surface area contributed by atoms with Gasteiger partial charge in [-0.15, -0.1) is 0 Å². The average Bonchev–Trinajstić information content (AvgIpc) is 2.47. The zero-order chi connectivity index (χ0) is 14.6. The minimum absolute atomic E-state index is 0.288. The normalized spacial score (nSPS) is 19.6. The predicted molar refractivity (Wildman–Crippen MR) is 84.0 cm³/mol. The molecule has 1 unspecified atom stereocenters. The zero-order valence-electron chi connectivity index (χ0n) is 13.1. The van der Waals surface area contributed by atoms with Crippen molar-refractivity contribution in [2.45, 2.75) is 58.4 Å². The van der Waals surface area contributed by atoms with Crippen LogP contribution in [-0.2, 0) is 11.2 Å². The maximum atomic E-state index is 12.8. The Morgan fingerprint density at radius 2 is 1.95 bits per heavy atom. The van der Waals surface area contributed by atoms with Gasteiger partial charge in [0.1, 0.15) is 0 Å². The van der Waals surface area contributed by atoms with Crippen molar-refractivity contribution in [2.75, 3.05) is 13.1 Å².